The molecule has 0 spiro atoms. The predicted octanol–water partition coefficient (Wildman–Crippen LogP) is 4.22. The topological polar surface area (TPSA) is 24.0 Å². The smallest absolute Gasteiger partial charge is 0.178 e. The second kappa shape index (κ2) is 6.24. The lowest BCUT2D eigenvalue weighted by Crippen LogP contribution is -2.31. The van der Waals surface area contributed by atoms with Gasteiger partial charge in [0.05, 0.1) is 16.1 Å². The fraction of sp³-hybridized carbons (Fsp3) is 0.500. The number of aromatic nitrogens is 2. The fourth-order valence-electron chi connectivity index (χ4n) is 2.16. The van der Waals surface area contributed by atoms with Crippen LogP contribution in [0.1, 0.15) is 20.3 Å². The van der Waals surface area contributed by atoms with Crippen LogP contribution >= 0.6 is 23.8 Å². The second-order valence-electron chi connectivity index (χ2n) is 5.10. The van der Waals surface area contributed by atoms with Crippen LogP contribution in [0.3, 0.4) is 0 Å². The maximum Gasteiger partial charge on any atom is 0.178 e. The molecular weight excluding hydrogens is 297 g/mol. The number of imidazole rings is 1. The first-order chi connectivity index (χ1) is 9.43. The zero-order valence-corrected chi connectivity index (χ0v) is 13.5. The van der Waals surface area contributed by atoms with E-state index in [2.05, 4.69) is 30.8 Å². The molecule has 1 unspecified atom stereocenters. The molecule has 0 aliphatic rings. The molecule has 0 saturated heterocycles. The second-order valence-corrected chi connectivity index (χ2v) is 5.90. The van der Waals surface area contributed by atoms with Gasteiger partial charge in [0, 0.05) is 25.2 Å². The van der Waals surface area contributed by atoms with Gasteiger partial charge in [-0.1, -0.05) is 18.5 Å². The van der Waals surface area contributed by atoms with Crippen LogP contribution in [0.5, 0.6) is 0 Å². The number of hydrogen-bond donors (Lipinski definition) is 1. The summed E-state index contributed by atoms with van der Waals surface area (Å²) in [5.74, 6) is -0.419. The highest BCUT2D eigenvalue weighted by Crippen LogP contribution is 2.22. The van der Waals surface area contributed by atoms with Gasteiger partial charge in [-0.2, -0.15) is 0 Å². The summed E-state index contributed by atoms with van der Waals surface area (Å²) in [6, 6.07) is 3.53. The van der Waals surface area contributed by atoms with Crippen molar-refractivity contribution in [3.8, 4) is 0 Å². The molecule has 0 aliphatic heterocycles. The molecule has 0 radical (unpaired) electrons. The summed E-state index contributed by atoms with van der Waals surface area (Å²) in [6.07, 6.45) is 1.10. The van der Waals surface area contributed by atoms with Crippen molar-refractivity contribution in [3.05, 3.63) is 27.7 Å². The number of rotatable bonds is 5. The minimum absolute atomic E-state index is 0.109. The van der Waals surface area contributed by atoms with E-state index in [0.717, 1.165) is 30.5 Å². The van der Waals surface area contributed by atoms with Gasteiger partial charge >= 0.3 is 0 Å². The van der Waals surface area contributed by atoms with Crippen LogP contribution in [0.25, 0.3) is 11.0 Å². The van der Waals surface area contributed by atoms with Gasteiger partial charge in [0.25, 0.3) is 0 Å². The van der Waals surface area contributed by atoms with Crippen molar-refractivity contribution in [2.75, 3.05) is 13.6 Å². The molecule has 0 bridgehead atoms. The summed E-state index contributed by atoms with van der Waals surface area (Å²) in [4.78, 5) is 5.34. The zero-order valence-electron chi connectivity index (χ0n) is 11.9. The normalized spacial score (nSPS) is 13.3. The molecule has 1 aromatic carbocycles. The van der Waals surface area contributed by atoms with E-state index in [1.54, 1.807) is 6.07 Å². The van der Waals surface area contributed by atoms with Gasteiger partial charge in [0.15, 0.2) is 4.77 Å². The van der Waals surface area contributed by atoms with Crippen molar-refractivity contribution in [2.45, 2.75) is 32.9 Å². The Labute approximate surface area is 128 Å². The molecule has 20 heavy (non-hydrogen) atoms. The van der Waals surface area contributed by atoms with E-state index < -0.39 is 5.82 Å². The Morgan fingerprint density at radius 1 is 1.50 bits per heavy atom. The summed E-state index contributed by atoms with van der Waals surface area (Å²) in [7, 11) is 2.09. The molecule has 1 aromatic heterocycles. The van der Waals surface area contributed by atoms with Crippen LogP contribution in [0.15, 0.2) is 12.1 Å². The molecule has 1 N–H and O–H groups in total. The Balaban J connectivity index is 2.28. The molecule has 0 amide bonds. The molecule has 0 saturated carbocycles. The lowest BCUT2D eigenvalue weighted by atomic mass is 10.2. The lowest BCUT2D eigenvalue weighted by molar-refractivity contribution is 0.243. The number of nitrogens with zero attached hydrogens (tertiary/aromatic N) is 2. The van der Waals surface area contributed by atoms with E-state index >= 15 is 0 Å². The van der Waals surface area contributed by atoms with Gasteiger partial charge in [-0.3, -0.25) is 0 Å². The number of fused-ring (bicyclic) bond motifs is 1. The van der Waals surface area contributed by atoms with Crippen molar-refractivity contribution < 1.29 is 4.39 Å². The van der Waals surface area contributed by atoms with Gasteiger partial charge in [0.2, 0.25) is 0 Å². The summed E-state index contributed by atoms with van der Waals surface area (Å²) in [5, 5.41) is 0.109. The third-order valence-corrected chi connectivity index (χ3v) is 4.45. The van der Waals surface area contributed by atoms with E-state index in [1.165, 1.54) is 6.07 Å². The highest BCUT2D eigenvalue weighted by Gasteiger charge is 2.11. The summed E-state index contributed by atoms with van der Waals surface area (Å²) in [5.41, 5.74) is 1.53. The van der Waals surface area contributed by atoms with Crippen molar-refractivity contribution in [1.82, 2.24) is 14.5 Å². The van der Waals surface area contributed by atoms with Gasteiger partial charge in [0.1, 0.15) is 5.82 Å². The van der Waals surface area contributed by atoms with Gasteiger partial charge in [-0.25, -0.2) is 4.39 Å². The van der Waals surface area contributed by atoms with Crippen molar-refractivity contribution >= 4 is 34.9 Å². The summed E-state index contributed by atoms with van der Waals surface area (Å²) < 4.78 is 16.1. The Morgan fingerprint density at radius 2 is 2.20 bits per heavy atom. The van der Waals surface area contributed by atoms with Crippen LogP contribution in [0, 0.1) is 10.6 Å². The third-order valence-electron chi connectivity index (χ3n) is 3.84. The van der Waals surface area contributed by atoms with E-state index in [4.69, 9.17) is 23.8 Å². The molecule has 2 rings (SSSR count). The summed E-state index contributed by atoms with van der Waals surface area (Å²) in [6.45, 7) is 5.94. The number of halogens is 2. The minimum atomic E-state index is -0.419. The number of aromatic amines is 1. The van der Waals surface area contributed by atoms with Gasteiger partial charge in [-0.15, -0.1) is 0 Å². The van der Waals surface area contributed by atoms with E-state index in [-0.39, 0.29) is 5.02 Å². The number of likely N-dealkylation sites (N-methyl/N-ethyl adjacent to an activating group) is 1. The first kappa shape index (κ1) is 15.5. The monoisotopic (exact) mass is 315 g/mol. The Bertz CT molecular complexity index is 664. The van der Waals surface area contributed by atoms with Crippen LogP contribution in [-0.4, -0.2) is 34.1 Å². The highest BCUT2D eigenvalue weighted by molar-refractivity contribution is 7.71. The molecule has 110 valence electrons. The number of benzene rings is 1. The number of H-pyrrole nitrogens is 1. The number of hydrogen-bond acceptors (Lipinski definition) is 2. The molecule has 0 aliphatic carbocycles. The van der Waals surface area contributed by atoms with E-state index in [1.807, 2.05) is 4.57 Å². The predicted molar refractivity (Wildman–Crippen MR) is 84.5 cm³/mol. The van der Waals surface area contributed by atoms with E-state index in [9.17, 15) is 4.39 Å². The van der Waals surface area contributed by atoms with Crippen LogP contribution in [0.4, 0.5) is 4.39 Å². The van der Waals surface area contributed by atoms with Gasteiger partial charge in [-0.05, 0) is 38.7 Å². The number of nitrogens with one attached hydrogen (secondary N) is 1. The molecule has 2 aromatic rings. The molecular formula is C14H19ClFN3S. The van der Waals surface area contributed by atoms with Crippen LogP contribution in [0.2, 0.25) is 5.02 Å². The SMILES string of the molecule is CCC(C)N(C)CCn1c(=S)[nH]c2cc(Cl)c(F)cc21. The molecule has 6 heteroatoms. The molecule has 3 nitrogen and oxygen atoms in total. The Morgan fingerprint density at radius 3 is 2.85 bits per heavy atom. The summed E-state index contributed by atoms with van der Waals surface area (Å²) >= 11 is 11.1. The molecule has 1 atom stereocenters. The first-order valence-corrected chi connectivity index (χ1v) is 7.50. The van der Waals surface area contributed by atoms with Crippen molar-refractivity contribution in [2.24, 2.45) is 0 Å². The maximum atomic E-state index is 13.6. The highest BCUT2D eigenvalue weighted by atomic mass is 35.5. The first-order valence-electron chi connectivity index (χ1n) is 6.71. The zero-order chi connectivity index (χ0) is 14.9. The standard InChI is InChI=1S/C14H19ClFN3S/c1-4-9(2)18(3)5-6-19-13-8-11(16)10(15)7-12(13)17-14(19)20/h7-9H,4-6H2,1-3H3,(H,17,20). The largest absolute Gasteiger partial charge is 0.331 e. The average molecular weight is 316 g/mol. The minimum Gasteiger partial charge on any atom is -0.331 e. The third kappa shape index (κ3) is 3.05. The lowest BCUT2D eigenvalue weighted by Gasteiger charge is -2.23. The molecule has 0 fully saturated rings. The van der Waals surface area contributed by atoms with Crippen molar-refractivity contribution in [1.29, 1.82) is 0 Å². The Kier molecular flexibility index (Phi) is 4.83. The average Bonchev–Trinajstić information content (AvgIpc) is 2.71. The Hall–Kier alpha value is -0.910. The van der Waals surface area contributed by atoms with E-state index in [0.29, 0.717) is 10.8 Å². The fourth-order valence-corrected chi connectivity index (χ4v) is 2.63. The van der Waals surface area contributed by atoms with Gasteiger partial charge < -0.3 is 14.5 Å². The maximum absolute atomic E-state index is 13.6. The quantitative estimate of drug-likeness (QED) is 0.835. The van der Waals surface area contributed by atoms with Crippen molar-refractivity contribution in [3.63, 3.8) is 0 Å². The van der Waals surface area contributed by atoms with Crippen LogP contribution < -0.4 is 0 Å². The van der Waals surface area contributed by atoms with Crippen LogP contribution in [-0.2, 0) is 6.54 Å². The molecule has 1 heterocycles.